The number of anilines is 1. The van der Waals surface area contributed by atoms with Gasteiger partial charge in [-0.15, -0.1) is 0 Å². The highest BCUT2D eigenvalue weighted by atomic mass is 32.2. The summed E-state index contributed by atoms with van der Waals surface area (Å²) in [5.41, 5.74) is 2.11. The van der Waals surface area contributed by atoms with Crippen molar-refractivity contribution in [3.8, 4) is 0 Å². The van der Waals surface area contributed by atoms with Crippen molar-refractivity contribution < 1.29 is 4.79 Å². The molecule has 2 aromatic rings. The lowest BCUT2D eigenvalue weighted by atomic mass is 9.92. The van der Waals surface area contributed by atoms with Gasteiger partial charge in [0.1, 0.15) is 5.82 Å². The number of likely N-dealkylation sites (tertiary alicyclic amines) is 1. The second-order valence-electron chi connectivity index (χ2n) is 7.34. The van der Waals surface area contributed by atoms with Gasteiger partial charge >= 0.3 is 0 Å². The van der Waals surface area contributed by atoms with Crippen LogP contribution in [0.4, 0.5) is 5.82 Å². The number of hydrogen-bond donors (Lipinski definition) is 0. The lowest BCUT2D eigenvalue weighted by molar-refractivity contribution is 0.0760. The summed E-state index contributed by atoms with van der Waals surface area (Å²) < 4.78 is 0. The molecule has 1 aromatic heterocycles. The van der Waals surface area contributed by atoms with Crippen LogP contribution in [0.5, 0.6) is 0 Å². The molecule has 2 aliphatic rings. The van der Waals surface area contributed by atoms with Crippen LogP contribution in [0.3, 0.4) is 0 Å². The predicted octanol–water partition coefficient (Wildman–Crippen LogP) is 4.04. The van der Waals surface area contributed by atoms with Crippen LogP contribution in [0, 0.1) is 0 Å². The maximum Gasteiger partial charge on any atom is 0.255 e. The number of pyridine rings is 1. The molecule has 4 rings (SSSR count). The standard InChI is InChI=1S/C22H27N3OS/c26-22(20-8-9-21(23-17-20)24-13-15-27-16-14-24)25-11-4-7-19(10-12-25)18-5-2-1-3-6-18/h1-3,5-6,8-9,17,19H,4,7,10-16H2. The Bertz CT molecular complexity index is 744. The molecule has 3 heterocycles. The summed E-state index contributed by atoms with van der Waals surface area (Å²) in [5, 5.41) is 0. The van der Waals surface area contributed by atoms with E-state index in [0.717, 1.165) is 62.8 Å². The highest BCUT2D eigenvalue weighted by molar-refractivity contribution is 7.99. The largest absolute Gasteiger partial charge is 0.355 e. The van der Waals surface area contributed by atoms with E-state index in [4.69, 9.17) is 0 Å². The van der Waals surface area contributed by atoms with Crippen LogP contribution in [0.1, 0.15) is 41.1 Å². The first-order valence-corrected chi connectivity index (χ1v) is 11.1. The van der Waals surface area contributed by atoms with Crippen molar-refractivity contribution >= 4 is 23.5 Å². The molecule has 0 aliphatic carbocycles. The first-order valence-electron chi connectivity index (χ1n) is 9.94. The third kappa shape index (κ3) is 4.46. The van der Waals surface area contributed by atoms with Gasteiger partial charge in [0.25, 0.3) is 5.91 Å². The predicted molar refractivity (Wildman–Crippen MR) is 113 cm³/mol. The molecular formula is C22H27N3OS. The fourth-order valence-electron chi connectivity index (χ4n) is 4.03. The smallest absolute Gasteiger partial charge is 0.255 e. The number of carbonyl (C=O) groups excluding carboxylic acids is 1. The molecule has 2 saturated heterocycles. The molecule has 142 valence electrons. The van der Waals surface area contributed by atoms with Crippen molar-refractivity contribution in [3.05, 3.63) is 59.8 Å². The third-order valence-corrected chi connectivity index (χ3v) is 6.56. The van der Waals surface area contributed by atoms with Crippen LogP contribution in [-0.4, -0.2) is 53.5 Å². The minimum absolute atomic E-state index is 0.122. The third-order valence-electron chi connectivity index (χ3n) is 5.62. The molecule has 2 fully saturated rings. The second-order valence-corrected chi connectivity index (χ2v) is 8.56. The van der Waals surface area contributed by atoms with Crippen LogP contribution in [0.15, 0.2) is 48.7 Å². The van der Waals surface area contributed by atoms with Gasteiger partial charge in [-0.05, 0) is 42.9 Å². The topological polar surface area (TPSA) is 36.4 Å². The van der Waals surface area contributed by atoms with Crippen molar-refractivity contribution in [3.63, 3.8) is 0 Å². The fraction of sp³-hybridized carbons (Fsp3) is 0.455. The van der Waals surface area contributed by atoms with Crippen molar-refractivity contribution in [2.45, 2.75) is 25.2 Å². The van der Waals surface area contributed by atoms with E-state index in [-0.39, 0.29) is 5.91 Å². The van der Waals surface area contributed by atoms with Crippen LogP contribution in [0.2, 0.25) is 0 Å². The number of thioether (sulfide) groups is 1. The fourth-order valence-corrected chi connectivity index (χ4v) is 4.94. The van der Waals surface area contributed by atoms with Gasteiger partial charge in [0, 0.05) is 43.9 Å². The van der Waals surface area contributed by atoms with Gasteiger partial charge in [-0.3, -0.25) is 4.79 Å². The molecule has 0 radical (unpaired) electrons. The van der Waals surface area contributed by atoms with E-state index in [1.807, 2.05) is 28.8 Å². The monoisotopic (exact) mass is 381 g/mol. The molecule has 0 saturated carbocycles. The normalized spacial score (nSPS) is 21.0. The van der Waals surface area contributed by atoms with E-state index in [9.17, 15) is 4.79 Å². The van der Waals surface area contributed by atoms with Gasteiger partial charge < -0.3 is 9.80 Å². The number of nitrogens with zero attached hydrogens (tertiary/aromatic N) is 3. The molecule has 4 nitrogen and oxygen atoms in total. The van der Waals surface area contributed by atoms with Gasteiger partial charge in [-0.1, -0.05) is 30.3 Å². The Morgan fingerprint density at radius 3 is 2.52 bits per heavy atom. The molecule has 1 aromatic carbocycles. The Hall–Kier alpha value is -2.01. The Balaban J connectivity index is 1.39. The van der Waals surface area contributed by atoms with E-state index < -0.39 is 0 Å². The average molecular weight is 382 g/mol. The van der Waals surface area contributed by atoms with Crippen LogP contribution < -0.4 is 4.90 Å². The average Bonchev–Trinajstić information content (AvgIpc) is 3.01. The zero-order valence-corrected chi connectivity index (χ0v) is 16.5. The number of hydrogen-bond acceptors (Lipinski definition) is 4. The number of amides is 1. The lowest BCUT2D eigenvalue weighted by Gasteiger charge is -2.27. The SMILES string of the molecule is O=C(c1ccc(N2CCSCC2)nc1)N1CCCC(c2ccccc2)CC1. The number of carbonyl (C=O) groups is 1. The summed E-state index contributed by atoms with van der Waals surface area (Å²) in [7, 11) is 0. The Kier molecular flexibility index (Phi) is 5.97. The van der Waals surface area contributed by atoms with E-state index >= 15 is 0 Å². The summed E-state index contributed by atoms with van der Waals surface area (Å²) in [6.07, 6.45) is 5.01. The summed E-state index contributed by atoms with van der Waals surface area (Å²) in [6, 6.07) is 14.7. The molecule has 0 spiro atoms. The summed E-state index contributed by atoms with van der Waals surface area (Å²) in [4.78, 5) is 21.8. The van der Waals surface area contributed by atoms with E-state index in [1.54, 1.807) is 6.20 Å². The van der Waals surface area contributed by atoms with Crippen LogP contribution in [-0.2, 0) is 0 Å². The minimum atomic E-state index is 0.122. The van der Waals surface area contributed by atoms with Crippen LogP contribution in [0.25, 0.3) is 0 Å². The van der Waals surface area contributed by atoms with E-state index in [0.29, 0.717) is 11.5 Å². The van der Waals surface area contributed by atoms with Crippen molar-refractivity contribution in [2.75, 3.05) is 42.6 Å². The first kappa shape index (κ1) is 18.4. The maximum absolute atomic E-state index is 13.0. The first-order chi connectivity index (χ1) is 13.3. The molecule has 1 amide bonds. The van der Waals surface area contributed by atoms with Crippen molar-refractivity contribution in [2.24, 2.45) is 0 Å². The van der Waals surface area contributed by atoms with Gasteiger partial charge in [0.2, 0.25) is 0 Å². The van der Waals surface area contributed by atoms with Crippen LogP contribution >= 0.6 is 11.8 Å². The van der Waals surface area contributed by atoms with Crippen molar-refractivity contribution in [1.82, 2.24) is 9.88 Å². The Morgan fingerprint density at radius 2 is 1.78 bits per heavy atom. The molecule has 0 bridgehead atoms. The second kappa shape index (κ2) is 8.79. The zero-order valence-electron chi connectivity index (χ0n) is 15.7. The van der Waals surface area contributed by atoms with E-state index in [1.165, 1.54) is 5.56 Å². The van der Waals surface area contributed by atoms with E-state index in [2.05, 4.69) is 40.2 Å². The number of aromatic nitrogens is 1. The summed E-state index contributed by atoms with van der Waals surface area (Å²) in [5.74, 6) is 3.97. The van der Waals surface area contributed by atoms with Crippen molar-refractivity contribution in [1.29, 1.82) is 0 Å². The van der Waals surface area contributed by atoms with Gasteiger partial charge in [-0.2, -0.15) is 11.8 Å². The summed E-state index contributed by atoms with van der Waals surface area (Å²) >= 11 is 1.99. The Labute approximate surface area is 166 Å². The highest BCUT2D eigenvalue weighted by Crippen LogP contribution is 2.28. The maximum atomic E-state index is 13.0. The number of benzene rings is 1. The quantitative estimate of drug-likeness (QED) is 0.804. The minimum Gasteiger partial charge on any atom is -0.355 e. The zero-order chi connectivity index (χ0) is 18.5. The molecule has 2 aliphatic heterocycles. The summed E-state index contributed by atoms with van der Waals surface area (Å²) in [6.45, 7) is 3.74. The van der Waals surface area contributed by atoms with Gasteiger partial charge in [0.05, 0.1) is 5.56 Å². The highest BCUT2D eigenvalue weighted by Gasteiger charge is 2.23. The molecule has 5 heteroatoms. The lowest BCUT2D eigenvalue weighted by Crippen LogP contribution is -2.34. The molecule has 1 atom stereocenters. The molecule has 0 N–H and O–H groups in total. The number of rotatable bonds is 3. The van der Waals surface area contributed by atoms with Gasteiger partial charge in [0.15, 0.2) is 0 Å². The Morgan fingerprint density at radius 1 is 0.963 bits per heavy atom. The molecular weight excluding hydrogens is 354 g/mol. The van der Waals surface area contributed by atoms with Gasteiger partial charge in [-0.25, -0.2) is 4.98 Å². The molecule has 27 heavy (non-hydrogen) atoms. The molecule has 1 unspecified atom stereocenters.